The van der Waals surface area contributed by atoms with Crippen molar-refractivity contribution >= 4 is 11.8 Å². The Morgan fingerprint density at radius 2 is 2.10 bits per heavy atom. The van der Waals surface area contributed by atoms with Crippen molar-refractivity contribution in [2.45, 2.75) is 69.1 Å². The molecule has 3 saturated heterocycles. The van der Waals surface area contributed by atoms with Gasteiger partial charge in [0, 0.05) is 25.7 Å². The van der Waals surface area contributed by atoms with Gasteiger partial charge in [0.15, 0.2) is 0 Å². The molecule has 2 atom stereocenters. The largest absolute Gasteiger partial charge is 0.378 e. The minimum absolute atomic E-state index is 0.164. The normalized spacial score (nSPS) is 34.2. The fraction of sp³-hybridized carbons (Fsp3) is 1.00. The Hall–Kier alpha value is 0.230. The monoisotopic (exact) mass is 299 g/mol. The van der Waals surface area contributed by atoms with Crippen LogP contribution in [0, 0.1) is 0 Å². The van der Waals surface area contributed by atoms with Crippen LogP contribution in [0.15, 0.2) is 0 Å². The number of hydrogen-bond acceptors (Lipinski definition) is 4. The first-order valence-corrected chi connectivity index (χ1v) is 9.59. The summed E-state index contributed by atoms with van der Waals surface area (Å²) in [5.74, 6) is 2.53. The van der Waals surface area contributed by atoms with Crippen molar-refractivity contribution in [3.8, 4) is 0 Å². The van der Waals surface area contributed by atoms with Crippen LogP contribution in [-0.4, -0.2) is 49.0 Å². The van der Waals surface area contributed by atoms with E-state index in [-0.39, 0.29) is 5.60 Å². The van der Waals surface area contributed by atoms with E-state index < -0.39 is 0 Å². The topological polar surface area (TPSA) is 30.5 Å². The molecule has 3 aliphatic rings. The summed E-state index contributed by atoms with van der Waals surface area (Å²) in [4.78, 5) is 0. The molecule has 0 aromatic rings. The standard InChI is InChI=1S/C16H29NO2S/c1-2-8-17-14(3-1)4-9-18-15-5-10-19-16(13-15)6-11-20-12-7-16/h14-15,17H,1-13H2. The van der Waals surface area contributed by atoms with Gasteiger partial charge < -0.3 is 14.8 Å². The molecule has 0 bridgehead atoms. The molecule has 0 saturated carbocycles. The lowest BCUT2D eigenvalue weighted by molar-refractivity contribution is -0.137. The minimum atomic E-state index is 0.164. The second-order valence-corrected chi connectivity index (χ2v) is 7.79. The summed E-state index contributed by atoms with van der Waals surface area (Å²) in [6.07, 6.45) is 10.4. The van der Waals surface area contributed by atoms with Crippen molar-refractivity contribution in [2.75, 3.05) is 31.3 Å². The Bertz CT molecular complexity index is 283. The molecule has 4 heteroatoms. The quantitative estimate of drug-likeness (QED) is 0.864. The van der Waals surface area contributed by atoms with Crippen molar-refractivity contribution in [1.29, 1.82) is 0 Å². The average Bonchev–Trinajstić information content (AvgIpc) is 2.49. The highest BCUT2D eigenvalue weighted by molar-refractivity contribution is 7.99. The molecule has 1 spiro atoms. The van der Waals surface area contributed by atoms with Gasteiger partial charge in [0.25, 0.3) is 0 Å². The van der Waals surface area contributed by atoms with Crippen molar-refractivity contribution < 1.29 is 9.47 Å². The molecule has 3 fully saturated rings. The summed E-state index contributed by atoms with van der Waals surface area (Å²) in [5.41, 5.74) is 0.164. The van der Waals surface area contributed by atoms with Gasteiger partial charge in [-0.3, -0.25) is 0 Å². The first-order valence-electron chi connectivity index (χ1n) is 8.43. The third kappa shape index (κ3) is 4.12. The maximum absolute atomic E-state index is 6.19. The Morgan fingerprint density at radius 1 is 1.20 bits per heavy atom. The molecule has 3 heterocycles. The van der Waals surface area contributed by atoms with E-state index in [1.807, 2.05) is 0 Å². The van der Waals surface area contributed by atoms with Gasteiger partial charge >= 0.3 is 0 Å². The first kappa shape index (κ1) is 15.1. The molecule has 0 aromatic carbocycles. The molecule has 0 radical (unpaired) electrons. The maximum Gasteiger partial charge on any atom is 0.0723 e. The molecule has 3 nitrogen and oxygen atoms in total. The second kappa shape index (κ2) is 7.48. The number of piperidine rings is 1. The van der Waals surface area contributed by atoms with Crippen LogP contribution in [0.5, 0.6) is 0 Å². The van der Waals surface area contributed by atoms with E-state index >= 15 is 0 Å². The summed E-state index contributed by atoms with van der Waals surface area (Å²) >= 11 is 2.07. The number of nitrogens with one attached hydrogen (secondary N) is 1. The zero-order chi connectivity index (χ0) is 13.7. The molecule has 0 aromatic heterocycles. The van der Waals surface area contributed by atoms with Crippen LogP contribution in [0.1, 0.15) is 51.4 Å². The summed E-state index contributed by atoms with van der Waals surface area (Å²) in [5, 5.41) is 3.61. The summed E-state index contributed by atoms with van der Waals surface area (Å²) in [6, 6.07) is 0.698. The van der Waals surface area contributed by atoms with E-state index in [1.165, 1.54) is 56.6 Å². The first-order chi connectivity index (χ1) is 9.86. The van der Waals surface area contributed by atoms with Crippen molar-refractivity contribution in [3.05, 3.63) is 0 Å². The van der Waals surface area contributed by atoms with Crippen LogP contribution in [0.25, 0.3) is 0 Å². The van der Waals surface area contributed by atoms with Crippen LogP contribution in [0.3, 0.4) is 0 Å². The number of rotatable bonds is 4. The smallest absolute Gasteiger partial charge is 0.0723 e. The fourth-order valence-electron chi connectivity index (χ4n) is 3.76. The van der Waals surface area contributed by atoms with Gasteiger partial charge in [0.2, 0.25) is 0 Å². The Balaban J connectivity index is 1.38. The molecular formula is C16H29NO2S. The molecular weight excluding hydrogens is 270 g/mol. The second-order valence-electron chi connectivity index (χ2n) is 6.56. The minimum Gasteiger partial charge on any atom is -0.378 e. The lowest BCUT2D eigenvalue weighted by Gasteiger charge is -2.43. The Kier molecular flexibility index (Phi) is 5.66. The van der Waals surface area contributed by atoms with Crippen LogP contribution in [-0.2, 0) is 9.47 Å². The van der Waals surface area contributed by atoms with Crippen LogP contribution in [0.4, 0.5) is 0 Å². The van der Waals surface area contributed by atoms with Crippen molar-refractivity contribution in [2.24, 2.45) is 0 Å². The molecule has 116 valence electrons. The maximum atomic E-state index is 6.19. The molecule has 20 heavy (non-hydrogen) atoms. The highest BCUT2D eigenvalue weighted by Crippen LogP contribution is 2.38. The van der Waals surface area contributed by atoms with Crippen molar-refractivity contribution in [3.63, 3.8) is 0 Å². The predicted molar refractivity (Wildman–Crippen MR) is 84.5 cm³/mol. The summed E-state index contributed by atoms with van der Waals surface area (Å²) < 4.78 is 12.3. The van der Waals surface area contributed by atoms with Gasteiger partial charge in [-0.15, -0.1) is 0 Å². The number of hydrogen-bond donors (Lipinski definition) is 1. The van der Waals surface area contributed by atoms with Gasteiger partial charge in [-0.05, 0) is 56.6 Å². The van der Waals surface area contributed by atoms with Gasteiger partial charge in [0.05, 0.1) is 11.7 Å². The van der Waals surface area contributed by atoms with Crippen molar-refractivity contribution in [1.82, 2.24) is 5.32 Å². The van der Waals surface area contributed by atoms with E-state index in [0.29, 0.717) is 12.1 Å². The van der Waals surface area contributed by atoms with Crippen LogP contribution < -0.4 is 5.32 Å². The highest BCUT2D eigenvalue weighted by Gasteiger charge is 2.39. The molecule has 3 rings (SSSR count). The van der Waals surface area contributed by atoms with E-state index in [4.69, 9.17) is 9.47 Å². The van der Waals surface area contributed by atoms with E-state index in [9.17, 15) is 0 Å². The number of ether oxygens (including phenoxy) is 2. The Labute approximate surface area is 127 Å². The van der Waals surface area contributed by atoms with Gasteiger partial charge in [-0.2, -0.15) is 11.8 Å². The average molecular weight is 299 g/mol. The molecule has 0 aliphatic carbocycles. The molecule has 2 unspecified atom stereocenters. The predicted octanol–water partition coefficient (Wildman–Crippen LogP) is 2.98. The zero-order valence-electron chi connectivity index (χ0n) is 12.6. The Morgan fingerprint density at radius 3 is 2.90 bits per heavy atom. The third-order valence-corrected chi connectivity index (χ3v) is 6.07. The molecule has 3 aliphatic heterocycles. The van der Waals surface area contributed by atoms with Crippen LogP contribution >= 0.6 is 11.8 Å². The van der Waals surface area contributed by atoms with Gasteiger partial charge in [0.1, 0.15) is 0 Å². The van der Waals surface area contributed by atoms with Gasteiger partial charge in [-0.1, -0.05) is 6.42 Å². The van der Waals surface area contributed by atoms with E-state index in [0.717, 1.165) is 26.1 Å². The van der Waals surface area contributed by atoms with E-state index in [1.54, 1.807) is 0 Å². The highest BCUT2D eigenvalue weighted by atomic mass is 32.2. The molecule has 1 N–H and O–H groups in total. The molecule has 0 amide bonds. The third-order valence-electron chi connectivity index (χ3n) is 5.08. The van der Waals surface area contributed by atoms with Gasteiger partial charge in [-0.25, -0.2) is 0 Å². The summed E-state index contributed by atoms with van der Waals surface area (Å²) in [7, 11) is 0. The number of thioether (sulfide) groups is 1. The van der Waals surface area contributed by atoms with Crippen LogP contribution in [0.2, 0.25) is 0 Å². The lowest BCUT2D eigenvalue weighted by atomic mass is 9.86. The SMILES string of the molecule is C1CCC(CCOC2CCOC3(CCSCC3)C2)NC1. The summed E-state index contributed by atoms with van der Waals surface area (Å²) in [6.45, 7) is 3.02. The zero-order valence-corrected chi connectivity index (χ0v) is 13.4. The van der Waals surface area contributed by atoms with E-state index in [2.05, 4.69) is 17.1 Å². The lowest BCUT2D eigenvalue weighted by Crippen LogP contribution is -2.45. The fourth-order valence-corrected chi connectivity index (χ4v) is 5.00.